The molecule has 7 unspecified atom stereocenters. The van der Waals surface area contributed by atoms with Crippen LogP contribution in [0, 0.1) is 0 Å². The Bertz CT molecular complexity index is 2100. The lowest BCUT2D eigenvalue weighted by Gasteiger charge is -2.48. The average Bonchev–Trinajstić information content (AvgIpc) is 3.23. The summed E-state index contributed by atoms with van der Waals surface area (Å²) in [4.78, 5) is 13.1. The van der Waals surface area contributed by atoms with Gasteiger partial charge in [0, 0.05) is 17.7 Å². The van der Waals surface area contributed by atoms with Gasteiger partial charge in [-0.25, -0.2) is 0 Å². The van der Waals surface area contributed by atoms with Crippen molar-refractivity contribution in [1.29, 1.82) is 0 Å². The molecule has 0 amide bonds. The minimum atomic E-state index is -1.97. The van der Waals surface area contributed by atoms with Crippen molar-refractivity contribution in [1.82, 2.24) is 0 Å². The highest BCUT2D eigenvalue weighted by Crippen LogP contribution is 2.39. The number of rotatable bonds is 10. The lowest BCUT2D eigenvalue weighted by Crippen LogP contribution is -2.65. The predicted octanol–water partition coefficient (Wildman–Crippen LogP) is -4.37. The third kappa shape index (κ3) is 8.76. The molecule has 1 aromatic heterocycles. The Balaban J connectivity index is 1.09. The van der Waals surface area contributed by atoms with E-state index in [-0.39, 0.29) is 16.9 Å². The molecule has 24 nitrogen and oxygen atoms in total. The highest BCUT2D eigenvalue weighted by atomic mass is 16.8. The van der Waals surface area contributed by atoms with Crippen molar-refractivity contribution in [3.63, 3.8) is 0 Å². The molecule has 24 heteroatoms. The molecule has 19 atom stereocenters. The average molecular weight is 889 g/mol. The fraction of sp³-hybridized carbons (Fsp3) is 0.605. The molecule has 2 aromatic carbocycles. The van der Waals surface area contributed by atoms with E-state index in [0.29, 0.717) is 0 Å². The van der Waals surface area contributed by atoms with Gasteiger partial charge in [0.05, 0.1) is 25.4 Å². The van der Waals surface area contributed by atoms with Crippen LogP contribution in [-0.2, 0) is 33.2 Å². The third-order valence-electron chi connectivity index (χ3n) is 11.1. The van der Waals surface area contributed by atoms with E-state index in [2.05, 4.69) is 0 Å². The van der Waals surface area contributed by atoms with Crippen molar-refractivity contribution in [3.8, 4) is 40.1 Å². The van der Waals surface area contributed by atoms with Crippen LogP contribution < -0.4 is 10.2 Å². The number of aliphatic hydroxyl groups is 10. The predicted molar refractivity (Wildman–Crippen MR) is 198 cm³/mol. The topological polar surface area (TPSA) is 387 Å². The van der Waals surface area contributed by atoms with Crippen LogP contribution in [0.15, 0.2) is 39.5 Å². The van der Waals surface area contributed by atoms with E-state index in [9.17, 15) is 76.3 Å². The maximum Gasteiger partial charge on any atom is 0.238 e. The molecule has 5 heterocycles. The van der Waals surface area contributed by atoms with Crippen molar-refractivity contribution in [2.45, 2.75) is 131 Å². The van der Waals surface area contributed by atoms with Crippen molar-refractivity contribution in [3.05, 3.63) is 40.6 Å². The molecule has 14 N–H and O–H groups in total. The van der Waals surface area contributed by atoms with Crippen molar-refractivity contribution in [2.75, 3.05) is 13.2 Å². The molecular formula is C38H48O24. The monoisotopic (exact) mass is 888 g/mol. The number of hydrogen-bond acceptors (Lipinski definition) is 24. The van der Waals surface area contributed by atoms with E-state index in [0.717, 1.165) is 24.3 Å². The van der Waals surface area contributed by atoms with Gasteiger partial charge in [-0.2, -0.15) is 0 Å². The van der Waals surface area contributed by atoms with Crippen molar-refractivity contribution >= 4 is 11.0 Å². The second-order valence-corrected chi connectivity index (χ2v) is 15.4. The summed E-state index contributed by atoms with van der Waals surface area (Å²) in [5, 5.41) is 147. The Morgan fingerprint density at radius 1 is 0.613 bits per heavy atom. The largest absolute Gasteiger partial charge is 0.507 e. The molecule has 344 valence electrons. The molecule has 0 spiro atoms. The summed E-state index contributed by atoms with van der Waals surface area (Å²) in [5.41, 5.74) is -1.49. The summed E-state index contributed by atoms with van der Waals surface area (Å²) >= 11 is 0. The lowest BCUT2D eigenvalue weighted by atomic mass is 9.97. The van der Waals surface area contributed by atoms with Gasteiger partial charge in [-0.15, -0.1) is 0 Å². The Hall–Kier alpha value is -4.03. The van der Waals surface area contributed by atoms with Crippen LogP contribution in [-0.4, -0.2) is 201 Å². The normalized spacial score (nSPS) is 40.4. The maximum atomic E-state index is 13.1. The zero-order chi connectivity index (χ0) is 45.1. The summed E-state index contributed by atoms with van der Waals surface area (Å²) in [6.45, 7) is 1.55. The molecule has 0 bridgehead atoms. The second kappa shape index (κ2) is 18.2. The number of phenols is 3. The minimum absolute atomic E-state index is 0.0406. The summed E-state index contributed by atoms with van der Waals surface area (Å²) in [5.74, 6) is -3.58. The molecule has 4 aliphatic heterocycles. The molecule has 4 saturated heterocycles. The molecule has 0 saturated carbocycles. The van der Waals surface area contributed by atoms with E-state index < -0.39 is 170 Å². The minimum Gasteiger partial charge on any atom is -0.507 e. The van der Waals surface area contributed by atoms with Gasteiger partial charge in [-0.3, -0.25) is 4.79 Å². The lowest BCUT2D eigenvalue weighted by molar-refractivity contribution is -0.387. The van der Waals surface area contributed by atoms with E-state index in [4.69, 9.17) is 42.3 Å². The number of aromatic hydroxyl groups is 4. The van der Waals surface area contributed by atoms with Gasteiger partial charge < -0.3 is 114 Å². The molecule has 7 rings (SSSR count). The molecular weight excluding hydrogens is 840 g/mol. The van der Waals surface area contributed by atoms with Crippen LogP contribution in [0.2, 0.25) is 0 Å². The maximum absolute atomic E-state index is 13.1. The molecule has 4 fully saturated rings. The fourth-order valence-corrected chi connectivity index (χ4v) is 7.42. The molecule has 62 heavy (non-hydrogen) atoms. The van der Waals surface area contributed by atoms with Gasteiger partial charge in [0.15, 0.2) is 36.1 Å². The van der Waals surface area contributed by atoms with E-state index in [1.807, 2.05) is 0 Å². The zero-order valence-electron chi connectivity index (χ0n) is 32.6. The van der Waals surface area contributed by atoms with Crippen LogP contribution in [0.3, 0.4) is 0 Å². The molecule has 4 aliphatic rings. The zero-order valence-corrected chi connectivity index (χ0v) is 32.6. The molecule has 0 radical (unpaired) electrons. The van der Waals surface area contributed by atoms with Crippen molar-refractivity contribution < 1.29 is 114 Å². The Morgan fingerprint density at radius 2 is 1.23 bits per heavy atom. The Morgan fingerprint density at radius 3 is 1.89 bits per heavy atom. The number of benzene rings is 2. The van der Waals surface area contributed by atoms with Crippen LogP contribution in [0.4, 0.5) is 0 Å². The summed E-state index contributed by atoms with van der Waals surface area (Å²) in [6.07, 6.45) is -31.8. The van der Waals surface area contributed by atoms with Crippen molar-refractivity contribution in [2.24, 2.45) is 0 Å². The first-order valence-electron chi connectivity index (χ1n) is 19.3. The van der Waals surface area contributed by atoms with E-state index in [1.54, 1.807) is 0 Å². The highest BCUT2D eigenvalue weighted by molar-refractivity contribution is 5.88. The quantitative estimate of drug-likeness (QED) is 0.0855. The number of hydrogen-bond donors (Lipinski definition) is 14. The summed E-state index contributed by atoms with van der Waals surface area (Å²) in [7, 11) is 0. The van der Waals surface area contributed by atoms with Gasteiger partial charge in [0.1, 0.15) is 102 Å². The first-order chi connectivity index (χ1) is 29.3. The van der Waals surface area contributed by atoms with Crippen LogP contribution in [0.25, 0.3) is 22.3 Å². The number of ether oxygens (including phenoxy) is 8. The Labute approximate surface area is 349 Å². The van der Waals surface area contributed by atoms with Gasteiger partial charge in [-0.05, 0) is 32.0 Å². The van der Waals surface area contributed by atoms with Crippen LogP contribution in [0.1, 0.15) is 13.8 Å². The SMILES string of the molecule is CC1O[C@@H](O[C@H]2C(O)[C@@H](O)C(C)O[C@H]2OCC2O[C@@H](Oc3cc(O)c4c(=O)c(O)c(-c5ccc(O)c(O)c5)oc4c3)C(O)[C@@H](O)[C@@H]2O)[C@@H](O[C@@H]2OC[C@@H](O)[C@H](O)C2O)C(O)[C@H]1O. The second-order valence-electron chi connectivity index (χ2n) is 15.4. The standard InChI is InChI=1S/C38H48O24/c1-10-21(43)27(49)33(62-38-34(28(50)22(44)11(2)57-38)61-35-30(52)23(45)17(42)8-54-35)37(56-10)55-9-19-24(46)26(48)31(53)36(60-19)58-13-6-16(41)20-18(7-13)59-32(29(51)25(20)47)12-3-4-14(39)15(40)5-12/h3-7,10-11,17,19,21-24,26-28,30-31,33-46,48-53H,8-9H2,1-2H3/t10?,11?,17-,19?,21+,22+,23+,24-,26+,27?,28?,30?,31?,33+,34+,35+,36-,37-,38+/m1/s1. The summed E-state index contributed by atoms with van der Waals surface area (Å²) < 4.78 is 51.5. The highest BCUT2D eigenvalue weighted by Gasteiger charge is 2.53. The first kappa shape index (κ1) is 46.0. The van der Waals surface area contributed by atoms with Gasteiger partial charge in [-0.1, -0.05) is 0 Å². The first-order valence-corrected chi connectivity index (χ1v) is 19.3. The molecule has 3 aromatic rings. The number of fused-ring (bicyclic) bond motifs is 1. The summed E-state index contributed by atoms with van der Waals surface area (Å²) in [6, 6.07) is 5.27. The van der Waals surface area contributed by atoms with Crippen LogP contribution in [0.5, 0.6) is 28.7 Å². The molecule has 0 aliphatic carbocycles. The van der Waals surface area contributed by atoms with Gasteiger partial charge in [0.2, 0.25) is 17.5 Å². The van der Waals surface area contributed by atoms with Crippen LogP contribution >= 0.6 is 0 Å². The fourth-order valence-electron chi connectivity index (χ4n) is 7.42. The van der Waals surface area contributed by atoms with E-state index >= 15 is 0 Å². The van der Waals surface area contributed by atoms with Gasteiger partial charge in [0.25, 0.3) is 0 Å². The third-order valence-corrected chi connectivity index (χ3v) is 11.1. The van der Waals surface area contributed by atoms with Gasteiger partial charge >= 0.3 is 0 Å². The van der Waals surface area contributed by atoms with E-state index in [1.165, 1.54) is 19.9 Å². The number of aliphatic hydroxyl groups excluding tert-OH is 10. The smallest absolute Gasteiger partial charge is 0.238 e. The Kier molecular flexibility index (Phi) is 13.5. The number of phenolic OH excluding ortho intramolecular Hbond substituents is 3.